The number of carbonyl (C=O) groups is 1. The van der Waals surface area contributed by atoms with Gasteiger partial charge in [-0.05, 0) is 24.6 Å². The molecule has 0 saturated heterocycles. The van der Waals surface area contributed by atoms with Gasteiger partial charge in [-0.3, -0.25) is 13.9 Å². The molecule has 4 rings (SSSR count). The summed E-state index contributed by atoms with van der Waals surface area (Å²) in [6.45, 7) is 2.22. The molecule has 0 fully saturated rings. The van der Waals surface area contributed by atoms with Gasteiger partial charge in [-0.15, -0.1) is 11.3 Å². The first-order chi connectivity index (χ1) is 13.5. The molecule has 8 nitrogen and oxygen atoms in total. The zero-order valence-corrected chi connectivity index (χ0v) is 16.4. The Bertz CT molecular complexity index is 1340. The first kappa shape index (κ1) is 18.2. The molecule has 144 valence electrons. The molecule has 4 heterocycles. The van der Waals surface area contributed by atoms with Gasteiger partial charge in [0.1, 0.15) is 10.5 Å². The number of aromatic amines is 1. The molecule has 0 unspecified atom stereocenters. The number of pyridine rings is 1. The predicted octanol–water partition coefficient (Wildman–Crippen LogP) is 2.04. The fourth-order valence-electron chi connectivity index (χ4n) is 3.43. The van der Waals surface area contributed by atoms with Gasteiger partial charge in [0, 0.05) is 42.7 Å². The monoisotopic (exact) mass is 398 g/mol. The van der Waals surface area contributed by atoms with Crippen LogP contribution in [0.1, 0.15) is 27.7 Å². The van der Waals surface area contributed by atoms with Crippen LogP contribution in [-0.2, 0) is 24.8 Å². The molecular weight excluding hydrogens is 380 g/mol. The van der Waals surface area contributed by atoms with Crippen molar-refractivity contribution in [3.8, 4) is 0 Å². The van der Waals surface area contributed by atoms with E-state index in [0.29, 0.717) is 22.7 Å². The summed E-state index contributed by atoms with van der Waals surface area (Å²) in [7, 11) is 2.70. The van der Waals surface area contributed by atoms with Crippen molar-refractivity contribution in [2.75, 3.05) is 7.11 Å². The lowest BCUT2D eigenvalue weighted by molar-refractivity contribution is 0.0602. The summed E-state index contributed by atoms with van der Waals surface area (Å²) >= 11 is 1.28. The van der Waals surface area contributed by atoms with Crippen molar-refractivity contribution in [2.24, 2.45) is 7.05 Å². The van der Waals surface area contributed by atoms with E-state index in [2.05, 4.69) is 9.97 Å². The van der Waals surface area contributed by atoms with Crippen molar-refractivity contribution >= 4 is 38.6 Å². The minimum atomic E-state index is -0.586. The van der Waals surface area contributed by atoms with Crippen LogP contribution in [0.4, 0.5) is 0 Å². The molecule has 0 atom stereocenters. The Labute approximate surface area is 163 Å². The molecule has 0 aliphatic carbocycles. The van der Waals surface area contributed by atoms with Gasteiger partial charge < -0.3 is 9.72 Å². The maximum absolute atomic E-state index is 12.8. The van der Waals surface area contributed by atoms with Crippen molar-refractivity contribution < 1.29 is 9.53 Å². The Morgan fingerprint density at radius 1 is 1.36 bits per heavy atom. The molecule has 0 spiro atoms. The smallest absolute Gasteiger partial charge is 0.339 e. The molecule has 0 radical (unpaired) electrons. The molecule has 4 aromatic heterocycles. The lowest BCUT2D eigenvalue weighted by Crippen LogP contribution is -2.37. The van der Waals surface area contributed by atoms with Gasteiger partial charge in [0.15, 0.2) is 0 Å². The van der Waals surface area contributed by atoms with Crippen LogP contribution in [0.25, 0.3) is 21.3 Å². The van der Waals surface area contributed by atoms with Gasteiger partial charge in [0.2, 0.25) is 0 Å². The van der Waals surface area contributed by atoms with Gasteiger partial charge >= 0.3 is 11.7 Å². The summed E-state index contributed by atoms with van der Waals surface area (Å²) in [4.78, 5) is 46.4. The van der Waals surface area contributed by atoms with Crippen LogP contribution < -0.4 is 11.2 Å². The van der Waals surface area contributed by atoms with Crippen LogP contribution in [0.15, 0.2) is 34.1 Å². The highest BCUT2D eigenvalue weighted by molar-refractivity contribution is 7.19. The fourth-order valence-corrected chi connectivity index (χ4v) is 4.79. The molecule has 0 aliphatic heterocycles. The van der Waals surface area contributed by atoms with Crippen molar-refractivity contribution in [2.45, 2.75) is 19.9 Å². The molecule has 1 N–H and O–H groups in total. The number of carbonyl (C=O) groups excluding carboxylic acids is 1. The number of esters is 1. The van der Waals surface area contributed by atoms with E-state index in [1.807, 2.05) is 25.3 Å². The van der Waals surface area contributed by atoms with E-state index in [1.165, 1.54) is 30.1 Å². The van der Waals surface area contributed by atoms with E-state index in [9.17, 15) is 14.4 Å². The Hall–Kier alpha value is -3.20. The maximum atomic E-state index is 12.8. The number of thiophene rings is 1. The van der Waals surface area contributed by atoms with Crippen molar-refractivity contribution in [3.05, 3.63) is 61.4 Å². The maximum Gasteiger partial charge on any atom is 0.339 e. The fraction of sp³-hybridized carbons (Fsp3) is 0.263. The highest BCUT2D eigenvalue weighted by Crippen LogP contribution is 2.32. The van der Waals surface area contributed by atoms with E-state index in [1.54, 1.807) is 6.20 Å². The second kappa shape index (κ2) is 6.75. The number of hydrogen-bond donors (Lipinski definition) is 1. The van der Waals surface area contributed by atoms with E-state index < -0.39 is 17.2 Å². The average molecular weight is 398 g/mol. The van der Waals surface area contributed by atoms with Crippen LogP contribution in [0.3, 0.4) is 0 Å². The normalized spacial score (nSPS) is 11.4. The third-order valence-corrected chi connectivity index (χ3v) is 6.05. The van der Waals surface area contributed by atoms with Crippen LogP contribution >= 0.6 is 11.3 Å². The van der Waals surface area contributed by atoms with Crippen molar-refractivity contribution in [3.63, 3.8) is 0 Å². The zero-order chi connectivity index (χ0) is 20.0. The quantitative estimate of drug-likeness (QED) is 0.531. The second-order valence-corrected chi connectivity index (χ2v) is 7.44. The molecule has 0 aliphatic rings. The second-order valence-electron chi connectivity index (χ2n) is 6.35. The summed E-state index contributed by atoms with van der Waals surface area (Å²) in [5.41, 5.74) is 1.03. The van der Waals surface area contributed by atoms with Crippen molar-refractivity contribution in [1.82, 2.24) is 19.1 Å². The van der Waals surface area contributed by atoms with Crippen LogP contribution in [0.5, 0.6) is 0 Å². The van der Waals surface area contributed by atoms with Crippen LogP contribution in [-0.4, -0.2) is 32.2 Å². The number of aryl methyl sites for hydroxylation is 1. The van der Waals surface area contributed by atoms with E-state index in [0.717, 1.165) is 21.2 Å². The number of hydrogen-bond acceptors (Lipinski definition) is 6. The van der Waals surface area contributed by atoms with Crippen LogP contribution in [0.2, 0.25) is 0 Å². The van der Waals surface area contributed by atoms with E-state index >= 15 is 0 Å². The number of ether oxygens (including phenoxy) is 1. The number of H-pyrrole nitrogens is 1. The molecule has 9 heteroatoms. The predicted molar refractivity (Wildman–Crippen MR) is 107 cm³/mol. The lowest BCUT2D eigenvalue weighted by Gasteiger charge is -2.06. The Kier molecular flexibility index (Phi) is 4.38. The summed E-state index contributed by atoms with van der Waals surface area (Å²) in [5, 5.41) is 1.17. The minimum Gasteiger partial charge on any atom is -0.465 e. The number of fused-ring (bicyclic) bond motifs is 2. The first-order valence-electron chi connectivity index (χ1n) is 8.72. The molecule has 0 saturated carbocycles. The third-order valence-electron chi connectivity index (χ3n) is 4.84. The molecule has 4 aromatic rings. The summed E-state index contributed by atoms with van der Waals surface area (Å²) in [6.07, 6.45) is 3.95. The SMILES string of the molecule is CCn1c(=O)n(C)c(=O)c2c(C(=O)OC)c(Cc3c[nH]c4ncccc34)sc21. The summed E-state index contributed by atoms with van der Waals surface area (Å²) < 4.78 is 7.50. The third kappa shape index (κ3) is 2.58. The number of methoxy groups -OCH3 is 1. The molecule has 0 amide bonds. The topological polar surface area (TPSA) is 99.0 Å². The largest absolute Gasteiger partial charge is 0.465 e. The molecule has 0 aromatic carbocycles. The van der Waals surface area contributed by atoms with E-state index in [4.69, 9.17) is 4.74 Å². The van der Waals surface area contributed by atoms with Gasteiger partial charge in [-0.25, -0.2) is 14.6 Å². The van der Waals surface area contributed by atoms with E-state index in [-0.39, 0.29) is 10.9 Å². The minimum absolute atomic E-state index is 0.226. The molecular formula is C19H18N4O4S. The number of nitrogens with zero attached hydrogens (tertiary/aromatic N) is 3. The van der Waals surface area contributed by atoms with Gasteiger partial charge in [-0.1, -0.05) is 0 Å². The van der Waals surface area contributed by atoms with Gasteiger partial charge in [0.05, 0.1) is 18.1 Å². The average Bonchev–Trinajstić information content (AvgIpc) is 3.28. The zero-order valence-electron chi connectivity index (χ0n) is 15.6. The highest BCUT2D eigenvalue weighted by Gasteiger charge is 2.26. The number of rotatable bonds is 4. The summed E-state index contributed by atoms with van der Waals surface area (Å²) in [6, 6.07) is 3.79. The number of aromatic nitrogens is 4. The van der Waals surface area contributed by atoms with Gasteiger partial charge in [0.25, 0.3) is 5.56 Å². The lowest BCUT2D eigenvalue weighted by atomic mass is 10.1. The molecule has 28 heavy (non-hydrogen) atoms. The Balaban J connectivity index is 2.03. The molecule has 0 bridgehead atoms. The Morgan fingerprint density at radius 3 is 2.86 bits per heavy atom. The number of nitrogens with one attached hydrogen (secondary N) is 1. The highest BCUT2D eigenvalue weighted by atomic mass is 32.1. The van der Waals surface area contributed by atoms with Crippen molar-refractivity contribution in [1.29, 1.82) is 0 Å². The standard InChI is InChI=1S/C19H18N4O4S/c1-4-23-17-14(16(24)22(2)19(23)26)13(18(25)27-3)12(28-17)8-10-9-21-15-11(10)6-5-7-20-15/h5-7,9H,4,8H2,1-3H3,(H,20,21). The summed E-state index contributed by atoms with van der Waals surface area (Å²) in [5.74, 6) is -0.586. The van der Waals surface area contributed by atoms with Crippen LogP contribution in [0, 0.1) is 0 Å². The first-order valence-corrected chi connectivity index (χ1v) is 9.54. The van der Waals surface area contributed by atoms with Gasteiger partial charge in [-0.2, -0.15) is 0 Å². The Morgan fingerprint density at radius 2 is 2.14 bits per heavy atom.